The van der Waals surface area contributed by atoms with Gasteiger partial charge in [0.2, 0.25) is 0 Å². The Balaban J connectivity index is 3.32. The van der Waals surface area contributed by atoms with Gasteiger partial charge < -0.3 is 0 Å². The minimum absolute atomic E-state index is 0.208. The fourth-order valence-corrected chi connectivity index (χ4v) is 1.58. The number of nitrogens with zero attached hydrogens (tertiary/aromatic N) is 1. The molecular formula is C13H25NO. The van der Waals surface area contributed by atoms with Gasteiger partial charge in [-0.3, -0.25) is 9.79 Å². The van der Waals surface area contributed by atoms with Crippen LogP contribution < -0.4 is 0 Å². The van der Waals surface area contributed by atoms with Crippen molar-refractivity contribution in [2.45, 2.75) is 65.7 Å². The predicted molar refractivity (Wildman–Crippen MR) is 66.7 cm³/mol. The van der Waals surface area contributed by atoms with Gasteiger partial charge in [0.15, 0.2) is 0 Å². The molecule has 0 aromatic heterocycles. The van der Waals surface area contributed by atoms with Gasteiger partial charge in [-0.25, -0.2) is 0 Å². The van der Waals surface area contributed by atoms with Crippen molar-refractivity contribution in [1.29, 1.82) is 0 Å². The Morgan fingerprint density at radius 1 is 1.00 bits per heavy atom. The molecule has 2 nitrogen and oxygen atoms in total. The Bertz CT molecular complexity index is 197. The summed E-state index contributed by atoms with van der Waals surface area (Å²) in [6, 6.07) is 0. The van der Waals surface area contributed by atoms with Gasteiger partial charge in [-0.15, -0.1) is 0 Å². The third-order valence-electron chi connectivity index (χ3n) is 2.40. The molecule has 0 bridgehead atoms. The fraction of sp³-hybridized carbons (Fsp3) is 0.846. The highest BCUT2D eigenvalue weighted by atomic mass is 16.1. The van der Waals surface area contributed by atoms with Crippen LogP contribution in [0.25, 0.3) is 0 Å². The molecule has 0 atom stereocenters. The Labute approximate surface area is 94.2 Å². The average Bonchev–Trinajstić information content (AvgIpc) is 2.15. The molecule has 0 amide bonds. The lowest BCUT2D eigenvalue weighted by Gasteiger charge is -1.99. The molecule has 0 aliphatic heterocycles. The van der Waals surface area contributed by atoms with Crippen molar-refractivity contribution in [3.63, 3.8) is 0 Å². The third kappa shape index (κ3) is 11.3. The molecule has 2 heteroatoms. The van der Waals surface area contributed by atoms with E-state index in [1.54, 1.807) is 6.92 Å². The van der Waals surface area contributed by atoms with Crippen LogP contribution in [0.3, 0.4) is 0 Å². The van der Waals surface area contributed by atoms with Crippen molar-refractivity contribution in [1.82, 2.24) is 0 Å². The first kappa shape index (κ1) is 14.3. The van der Waals surface area contributed by atoms with E-state index in [2.05, 4.69) is 11.9 Å². The standard InChI is InChI=1S/C13H25NO/c1-4-5-6-7-8-9-10-14-12(2)11-13(3)15/h4-11H2,1-3H3/b14-12+. The maximum Gasteiger partial charge on any atom is 0.135 e. The van der Waals surface area contributed by atoms with Crippen LogP contribution in [-0.4, -0.2) is 18.0 Å². The van der Waals surface area contributed by atoms with E-state index in [0.717, 1.165) is 12.3 Å². The molecule has 0 aromatic rings. The highest BCUT2D eigenvalue weighted by Crippen LogP contribution is 2.05. The van der Waals surface area contributed by atoms with E-state index in [-0.39, 0.29) is 5.78 Å². The lowest BCUT2D eigenvalue weighted by molar-refractivity contribution is -0.115. The smallest absolute Gasteiger partial charge is 0.135 e. The zero-order chi connectivity index (χ0) is 11.5. The topological polar surface area (TPSA) is 29.4 Å². The quantitative estimate of drug-likeness (QED) is 0.421. The van der Waals surface area contributed by atoms with E-state index >= 15 is 0 Å². The number of unbranched alkanes of at least 4 members (excludes halogenated alkanes) is 5. The molecule has 0 spiro atoms. The number of rotatable bonds is 9. The molecule has 0 aliphatic carbocycles. The highest BCUT2D eigenvalue weighted by molar-refractivity contribution is 5.99. The maximum absolute atomic E-state index is 10.8. The first-order chi connectivity index (χ1) is 7.16. The lowest BCUT2D eigenvalue weighted by Crippen LogP contribution is -2.00. The van der Waals surface area contributed by atoms with E-state index < -0.39 is 0 Å². The second kappa shape index (κ2) is 9.88. The molecule has 0 unspecified atom stereocenters. The van der Waals surface area contributed by atoms with E-state index in [9.17, 15) is 4.79 Å². The maximum atomic E-state index is 10.8. The number of carbonyl (C=O) groups is 1. The summed E-state index contributed by atoms with van der Waals surface area (Å²) >= 11 is 0. The van der Waals surface area contributed by atoms with Crippen molar-refractivity contribution in [3.05, 3.63) is 0 Å². The fourth-order valence-electron chi connectivity index (χ4n) is 1.58. The van der Waals surface area contributed by atoms with Gasteiger partial charge in [-0.05, 0) is 20.3 Å². The van der Waals surface area contributed by atoms with Crippen LogP contribution in [0.15, 0.2) is 4.99 Å². The molecule has 0 saturated heterocycles. The van der Waals surface area contributed by atoms with E-state index in [0.29, 0.717) is 6.42 Å². The minimum Gasteiger partial charge on any atom is -0.300 e. The van der Waals surface area contributed by atoms with Crippen molar-refractivity contribution in [2.75, 3.05) is 6.54 Å². The molecule has 0 N–H and O–H groups in total. The Morgan fingerprint density at radius 2 is 1.60 bits per heavy atom. The number of carbonyl (C=O) groups excluding carboxylic acids is 1. The summed E-state index contributed by atoms with van der Waals surface area (Å²) in [6.07, 6.45) is 8.30. The number of Topliss-reactive ketones (excluding diaryl/α,β-unsaturated/α-hetero) is 1. The monoisotopic (exact) mass is 211 g/mol. The van der Waals surface area contributed by atoms with Gasteiger partial charge in [-0.2, -0.15) is 0 Å². The summed E-state index contributed by atoms with van der Waals surface area (Å²) < 4.78 is 0. The van der Waals surface area contributed by atoms with Crippen molar-refractivity contribution >= 4 is 11.5 Å². The Hall–Kier alpha value is -0.660. The largest absolute Gasteiger partial charge is 0.300 e. The van der Waals surface area contributed by atoms with Crippen LogP contribution in [0.1, 0.15) is 65.7 Å². The van der Waals surface area contributed by atoms with Crippen molar-refractivity contribution in [2.24, 2.45) is 4.99 Å². The molecule has 0 rings (SSSR count). The van der Waals surface area contributed by atoms with E-state index in [1.165, 1.54) is 38.5 Å². The first-order valence-corrected chi connectivity index (χ1v) is 6.16. The van der Waals surface area contributed by atoms with Gasteiger partial charge in [-0.1, -0.05) is 39.0 Å². The third-order valence-corrected chi connectivity index (χ3v) is 2.40. The number of aliphatic imine (C=N–C) groups is 1. The van der Waals surface area contributed by atoms with Crippen LogP contribution in [0.5, 0.6) is 0 Å². The van der Waals surface area contributed by atoms with Gasteiger partial charge >= 0.3 is 0 Å². The zero-order valence-electron chi connectivity index (χ0n) is 10.5. The molecule has 0 heterocycles. The Kier molecular flexibility index (Phi) is 9.44. The normalized spacial score (nSPS) is 11.8. The summed E-state index contributed by atoms with van der Waals surface area (Å²) in [5, 5.41) is 0. The summed E-state index contributed by atoms with van der Waals surface area (Å²) in [5.74, 6) is 0.208. The van der Waals surface area contributed by atoms with Crippen molar-refractivity contribution < 1.29 is 4.79 Å². The minimum atomic E-state index is 0.208. The van der Waals surface area contributed by atoms with Gasteiger partial charge in [0.05, 0.1) is 0 Å². The average molecular weight is 211 g/mol. The van der Waals surface area contributed by atoms with Gasteiger partial charge in [0, 0.05) is 18.7 Å². The first-order valence-electron chi connectivity index (χ1n) is 6.16. The lowest BCUT2D eigenvalue weighted by atomic mass is 10.1. The molecule has 0 radical (unpaired) electrons. The van der Waals surface area contributed by atoms with Crippen LogP contribution >= 0.6 is 0 Å². The summed E-state index contributed by atoms with van der Waals surface area (Å²) in [7, 11) is 0. The van der Waals surface area contributed by atoms with Crippen LogP contribution in [0, 0.1) is 0 Å². The molecular weight excluding hydrogens is 186 g/mol. The summed E-state index contributed by atoms with van der Waals surface area (Å²) in [4.78, 5) is 15.2. The van der Waals surface area contributed by atoms with Gasteiger partial charge in [0.25, 0.3) is 0 Å². The number of ketones is 1. The molecule has 0 aromatic carbocycles. The highest BCUT2D eigenvalue weighted by Gasteiger charge is 1.96. The molecule has 15 heavy (non-hydrogen) atoms. The van der Waals surface area contributed by atoms with Crippen LogP contribution in [0.2, 0.25) is 0 Å². The van der Waals surface area contributed by atoms with Gasteiger partial charge in [0.1, 0.15) is 5.78 Å². The molecule has 0 aliphatic rings. The van der Waals surface area contributed by atoms with Crippen molar-refractivity contribution in [3.8, 4) is 0 Å². The number of hydrogen-bond donors (Lipinski definition) is 0. The van der Waals surface area contributed by atoms with E-state index in [1.807, 2.05) is 6.92 Å². The summed E-state index contributed by atoms with van der Waals surface area (Å²) in [6.45, 7) is 6.68. The zero-order valence-corrected chi connectivity index (χ0v) is 10.5. The number of hydrogen-bond acceptors (Lipinski definition) is 2. The van der Waals surface area contributed by atoms with Crippen LogP contribution in [0.4, 0.5) is 0 Å². The Morgan fingerprint density at radius 3 is 2.20 bits per heavy atom. The van der Waals surface area contributed by atoms with E-state index in [4.69, 9.17) is 0 Å². The predicted octanol–water partition coefficient (Wildman–Crippen LogP) is 3.79. The molecule has 0 fully saturated rings. The molecule has 88 valence electrons. The van der Waals surface area contributed by atoms with Crippen LogP contribution in [-0.2, 0) is 4.79 Å². The SMILES string of the molecule is CCCCCCCC/N=C(\C)CC(C)=O. The second-order valence-electron chi connectivity index (χ2n) is 4.26. The molecule has 0 saturated carbocycles. The summed E-state index contributed by atoms with van der Waals surface area (Å²) in [5.41, 5.74) is 0.982. The second-order valence-corrected chi connectivity index (χ2v) is 4.26.